The highest BCUT2D eigenvalue weighted by Crippen LogP contribution is 2.19. The first-order valence-corrected chi connectivity index (χ1v) is 5.40. The molecule has 0 bridgehead atoms. The molecule has 0 aromatic heterocycles. The summed E-state index contributed by atoms with van der Waals surface area (Å²) in [6.07, 6.45) is 0. The zero-order valence-corrected chi connectivity index (χ0v) is 9.79. The molecule has 0 spiro atoms. The maximum Gasteiger partial charge on any atom is 0.238 e. The minimum atomic E-state index is -0.187. The van der Waals surface area contributed by atoms with Gasteiger partial charge in [-0.1, -0.05) is 23.7 Å². The summed E-state index contributed by atoms with van der Waals surface area (Å²) >= 11 is 5.88. The minimum absolute atomic E-state index is 0.000622. The van der Waals surface area contributed by atoms with Gasteiger partial charge in [-0.15, -0.1) is 0 Å². The van der Waals surface area contributed by atoms with Gasteiger partial charge in [-0.2, -0.15) is 0 Å². The fourth-order valence-corrected chi connectivity index (χ4v) is 1.27. The maximum absolute atomic E-state index is 11.5. The van der Waals surface area contributed by atoms with Crippen molar-refractivity contribution in [1.82, 2.24) is 5.32 Å². The topological polar surface area (TPSA) is 61.4 Å². The molecule has 1 aromatic carbocycles. The minimum Gasteiger partial charge on any atom is -0.395 e. The molecule has 16 heavy (non-hydrogen) atoms. The summed E-state index contributed by atoms with van der Waals surface area (Å²) in [5.41, 5.74) is 0.590. The van der Waals surface area contributed by atoms with Gasteiger partial charge in [0, 0.05) is 6.04 Å². The standard InChI is InChI=1S/C11H15ClN2O2/c1-8(7-15)13-6-11(16)14-10-5-3-2-4-9(10)12/h2-5,8,13,15H,6-7H2,1H3,(H,14,16). The number of amides is 1. The predicted octanol–water partition coefficient (Wildman–Crippen LogP) is 1.25. The first-order valence-electron chi connectivity index (χ1n) is 5.02. The van der Waals surface area contributed by atoms with Crippen LogP contribution in [-0.2, 0) is 4.79 Å². The summed E-state index contributed by atoms with van der Waals surface area (Å²) in [6.45, 7) is 1.94. The van der Waals surface area contributed by atoms with Crippen LogP contribution in [0, 0.1) is 0 Å². The van der Waals surface area contributed by atoms with E-state index in [1.165, 1.54) is 0 Å². The fourth-order valence-electron chi connectivity index (χ4n) is 1.09. The molecule has 1 amide bonds. The van der Waals surface area contributed by atoms with E-state index in [0.717, 1.165) is 0 Å². The van der Waals surface area contributed by atoms with Gasteiger partial charge >= 0.3 is 0 Å². The Balaban J connectivity index is 2.43. The first-order chi connectivity index (χ1) is 7.63. The summed E-state index contributed by atoms with van der Waals surface area (Å²) in [4.78, 5) is 11.5. The molecule has 0 saturated carbocycles. The molecule has 0 aliphatic heterocycles. The summed E-state index contributed by atoms with van der Waals surface area (Å²) in [6, 6.07) is 6.93. The summed E-state index contributed by atoms with van der Waals surface area (Å²) in [7, 11) is 0. The lowest BCUT2D eigenvalue weighted by Gasteiger charge is -2.11. The molecule has 0 aliphatic carbocycles. The van der Waals surface area contributed by atoms with Gasteiger partial charge in [0.15, 0.2) is 0 Å². The molecule has 0 aliphatic rings. The Hall–Kier alpha value is -1.10. The summed E-state index contributed by atoms with van der Waals surface area (Å²) in [5.74, 6) is -0.187. The van der Waals surface area contributed by atoms with E-state index >= 15 is 0 Å². The van der Waals surface area contributed by atoms with Crippen molar-refractivity contribution in [3.8, 4) is 0 Å². The summed E-state index contributed by atoms with van der Waals surface area (Å²) in [5, 5.41) is 14.8. The van der Waals surface area contributed by atoms with E-state index in [-0.39, 0.29) is 25.1 Å². The van der Waals surface area contributed by atoms with Crippen molar-refractivity contribution >= 4 is 23.2 Å². The number of halogens is 1. The zero-order chi connectivity index (χ0) is 12.0. The average molecular weight is 243 g/mol. The van der Waals surface area contributed by atoms with Gasteiger partial charge in [-0.05, 0) is 19.1 Å². The average Bonchev–Trinajstić information content (AvgIpc) is 2.29. The number of carbonyl (C=O) groups excluding carboxylic acids is 1. The van der Waals surface area contributed by atoms with E-state index in [1.54, 1.807) is 31.2 Å². The Morgan fingerprint density at radius 3 is 2.81 bits per heavy atom. The zero-order valence-electron chi connectivity index (χ0n) is 9.03. The fraction of sp³-hybridized carbons (Fsp3) is 0.364. The molecule has 0 saturated heterocycles. The van der Waals surface area contributed by atoms with Crippen molar-refractivity contribution in [1.29, 1.82) is 0 Å². The van der Waals surface area contributed by atoms with Crippen molar-refractivity contribution in [2.45, 2.75) is 13.0 Å². The quantitative estimate of drug-likeness (QED) is 0.728. The Labute approximate surface area is 99.6 Å². The lowest BCUT2D eigenvalue weighted by atomic mass is 10.3. The second kappa shape index (κ2) is 6.48. The van der Waals surface area contributed by atoms with Crippen LogP contribution >= 0.6 is 11.6 Å². The van der Waals surface area contributed by atoms with Gasteiger partial charge in [0.05, 0.1) is 23.9 Å². The van der Waals surface area contributed by atoms with Gasteiger partial charge in [-0.3, -0.25) is 4.79 Å². The van der Waals surface area contributed by atoms with E-state index in [2.05, 4.69) is 10.6 Å². The van der Waals surface area contributed by atoms with Crippen LogP contribution in [0.5, 0.6) is 0 Å². The highest BCUT2D eigenvalue weighted by atomic mass is 35.5. The highest BCUT2D eigenvalue weighted by Gasteiger charge is 2.06. The van der Waals surface area contributed by atoms with E-state index in [0.29, 0.717) is 10.7 Å². The molecule has 0 fully saturated rings. The number of nitrogens with one attached hydrogen (secondary N) is 2. The molecule has 1 atom stereocenters. The Bertz CT molecular complexity index is 358. The Morgan fingerprint density at radius 1 is 1.50 bits per heavy atom. The normalized spacial score (nSPS) is 12.2. The molecule has 4 nitrogen and oxygen atoms in total. The number of aliphatic hydroxyl groups is 1. The number of benzene rings is 1. The Morgan fingerprint density at radius 2 is 2.19 bits per heavy atom. The second-order valence-corrected chi connectivity index (χ2v) is 3.90. The molecule has 0 heterocycles. The smallest absolute Gasteiger partial charge is 0.238 e. The molecule has 1 rings (SSSR count). The third-order valence-electron chi connectivity index (χ3n) is 2.03. The van der Waals surface area contributed by atoms with Crippen molar-refractivity contribution < 1.29 is 9.90 Å². The monoisotopic (exact) mass is 242 g/mol. The van der Waals surface area contributed by atoms with Gasteiger partial charge in [0.25, 0.3) is 0 Å². The van der Waals surface area contributed by atoms with Gasteiger partial charge in [0.1, 0.15) is 0 Å². The third kappa shape index (κ3) is 4.18. The van der Waals surface area contributed by atoms with Crippen LogP contribution < -0.4 is 10.6 Å². The number of anilines is 1. The number of aliphatic hydroxyl groups excluding tert-OH is 1. The molecule has 3 N–H and O–H groups in total. The van der Waals surface area contributed by atoms with Crippen LogP contribution in [0.25, 0.3) is 0 Å². The van der Waals surface area contributed by atoms with E-state index in [4.69, 9.17) is 16.7 Å². The SMILES string of the molecule is CC(CO)NCC(=O)Nc1ccccc1Cl. The van der Waals surface area contributed by atoms with Crippen molar-refractivity contribution in [2.75, 3.05) is 18.5 Å². The van der Waals surface area contributed by atoms with Crippen molar-refractivity contribution in [2.24, 2.45) is 0 Å². The van der Waals surface area contributed by atoms with Crippen LogP contribution in [0.4, 0.5) is 5.69 Å². The molecule has 1 unspecified atom stereocenters. The van der Waals surface area contributed by atoms with E-state index < -0.39 is 0 Å². The molecular formula is C11H15ClN2O2. The predicted molar refractivity (Wildman–Crippen MR) is 64.6 cm³/mol. The summed E-state index contributed by atoms with van der Waals surface area (Å²) < 4.78 is 0. The number of hydrogen-bond acceptors (Lipinski definition) is 3. The lowest BCUT2D eigenvalue weighted by molar-refractivity contribution is -0.115. The number of rotatable bonds is 5. The molecular weight excluding hydrogens is 228 g/mol. The van der Waals surface area contributed by atoms with E-state index in [9.17, 15) is 4.79 Å². The van der Waals surface area contributed by atoms with Crippen LogP contribution in [0.3, 0.4) is 0 Å². The largest absolute Gasteiger partial charge is 0.395 e. The second-order valence-electron chi connectivity index (χ2n) is 3.49. The molecule has 1 aromatic rings. The number of hydrogen-bond donors (Lipinski definition) is 3. The van der Waals surface area contributed by atoms with Crippen LogP contribution in [0.2, 0.25) is 5.02 Å². The van der Waals surface area contributed by atoms with E-state index in [1.807, 2.05) is 0 Å². The van der Waals surface area contributed by atoms with Crippen molar-refractivity contribution in [3.63, 3.8) is 0 Å². The van der Waals surface area contributed by atoms with Crippen LogP contribution in [0.1, 0.15) is 6.92 Å². The third-order valence-corrected chi connectivity index (χ3v) is 2.36. The van der Waals surface area contributed by atoms with Crippen LogP contribution in [-0.4, -0.2) is 30.2 Å². The highest BCUT2D eigenvalue weighted by molar-refractivity contribution is 6.33. The lowest BCUT2D eigenvalue weighted by Crippen LogP contribution is -2.36. The molecule has 5 heteroatoms. The van der Waals surface area contributed by atoms with Gasteiger partial charge in [0.2, 0.25) is 5.91 Å². The molecule has 0 radical (unpaired) electrons. The molecule has 88 valence electrons. The Kier molecular flexibility index (Phi) is 5.25. The van der Waals surface area contributed by atoms with Crippen LogP contribution in [0.15, 0.2) is 24.3 Å². The number of carbonyl (C=O) groups is 1. The van der Waals surface area contributed by atoms with Crippen molar-refractivity contribution in [3.05, 3.63) is 29.3 Å². The van der Waals surface area contributed by atoms with Gasteiger partial charge in [-0.25, -0.2) is 0 Å². The maximum atomic E-state index is 11.5. The first kappa shape index (κ1) is 13.0. The number of para-hydroxylation sites is 1. The van der Waals surface area contributed by atoms with Gasteiger partial charge < -0.3 is 15.7 Å².